The van der Waals surface area contributed by atoms with Crippen LogP contribution in [0.5, 0.6) is 0 Å². The maximum Gasteiger partial charge on any atom is 0.179 e. The zero-order chi connectivity index (χ0) is 12.7. The van der Waals surface area contributed by atoms with Crippen LogP contribution in [0.2, 0.25) is 0 Å². The molecule has 1 N–H and O–H groups in total. The van der Waals surface area contributed by atoms with Crippen molar-refractivity contribution in [3.05, 3.63) is 45.0 Å². The maximum absolute atomic E-state index is 5.43. The summed E-state index contributed by atoms with van der Waals surface area (Å²) in [5, 5.41) is 2.09. The molecule has 3 heterocycles. The van der Waals surface area contributed by atoms with E-state index in [1.165, 1.54) is 10.4 Å². The van der Waals surface area contributed by atoms with E-state index in [2.05, 4.69) is 45.9 Å². The zero-order valence-corrected chi connectivity index (χ0v) is 11.8. The number of pyridine rings is 1. The van der Waals surface area contributed by atoms with Gasteiger partial charge in [-0.15, -0.1) is 11.3 Å². The number of nitrogens with zero attached hydrogens (tertiary/aromatic N) is 2. The lowest BCUT2D eigenvalue weighted by atomic mass is 10.2. The number of nitrogens with one attached hydrogen (secondary N) is 1. The molecular formula is C13H13N3S2. The number of fused-ring (bicyclic) bond motifs is 1. The first-order chi connectivity index (χ1) is 8.68. The second-order valence-corrected chi connectivity index (χ2v) is 5.68. The average molecular weight is 275 g/mol. The van der Waals surface area contributed by atoms with Gasteiger partial charge in [-0.1, -0.05) is 6.07 Å². The van der Waals surface area contributed by atoms with Crippen LogP contribution in [-0.2, 0) is 0 Å². The van der Waals surface area contributed by atoms with Gasteiger partial charge in [0, 0.05) is 11.1 Å². The Kier molecular flexibility index (Phi) is 2.80. The van der Waals surface area contributed by atoms with E-state index >= 15 is 0 Å². The number of hydrogen-bond donors (Lipinski definition) is 1. The SMILES string of the molecule is Cc1ccnc2c1[nH]c(=S)n2C(C)c1cccs1. The highest BCUT2D eigenvalue weighted by Gasteiger charge is 2.15. The van der Waals surface area contributed by atoms with E-state index in [-0.39, 0.29) is 6.04 Å². The van der Waals surface area contributed by atoms with E-state index in [0.29, 0.717) is 0 Å². The number of aryl methyl sites for hydroxylation is 1. The Morgan fingerprint density at radius 3 is 3.00 bits per heavy atom. The van der Waals surface area contributed by atoms with Crippen molar-refractivity contribution >= 4 is 34.7 Å². The van der Waals surface area contributed by atoms with E-state index in [1.54, 1.807) is 11.3 Å². The molecule has 0 spiro atoms. The highest BCUT2D eigenvalue weighted by atomic mass is 32.1. The molecular weight excluding hydrogens is 262 g/mol. The first-order valence-electron chi connectivity index (χ1n) is 5.77. The average Bonchev–Trinajstić information content (AvgIpc) is 2.96. The Morgan fingerprint density at radius 2 is 2.28 bits per heavy atom. The Hall–Kier alpha value is -1.46. The molecule has 18 heavy (non-hydrogen) atoms. The van der Waals surface area contributed by atoms with E-state index in [9.17, 15) is 0 Å². The molecule has 1 atom stereocenters. The Balaban J connectivity index is 2.26. The molecule has 3 aromatic rings. The third kappa shape index (κ3) is 1.71. The second-order valence-electron chi connectivity index (χ2n) is 4.32. The van der Waals surface area contributed by atoms with Gasteiger partial charge in [-0.2, -0.15) is 0 Å². The second kappa shape index (κ2) is 4.33. The smallest absolute Gasteiger partial charge is 0.179 e. The summed E-state index contributed by atoms with van der Waals surface area (Å²) in [6, 6.07) is 6.40. The number of thiophene rings is 1. The van der Waals surface area contributed by atoms with Gasteiger partial charge in [0.15, 0.2) is 10.4 Å². The molecule has 0 aliphatic rings. The van der Waals surface area contributed by atoms with Gasteiger partial charge in [0.25, 0.3) is 0 Å². The molecule has 0 saturated carbocycles. The lowest BCUT2D eigenvalue weighted by Crippen LogP contribution is -2.05. The van der Waals surface area contributed by atoms with E-state index in [4.69, 9.17) is 12.2 Å². The summed E-state index contributed by atoms with van der Waals surface area (Å²) in [6.07, 6.45) is 1.83. The van der Waals surface area contributed by atoms with Gasteiger partial charge >= 0.3 is 0 Å². The van der Waals surface area contributed by atoms with Crippen LogP contribution in [0, 0.1) is 11.7 Å². The molecule has 0 fully saturated rings. The van der Waals surface area contributed by atoms with Crippen molar-refractivity contribution < 1.29 is 0 Å². The number of aromatic amines is 1. The highest BCUT2D eigenvalue weighted by Crippen LogP contribution is 2.27. The van der Waals surface area contributed by atoms with E-state index < -0.39 is 0 Å². The standard InChI is InChI=1S/C13H13N3S2/c1-8-5-6-14-12-11(8)15-13(17)16(12)9(2)10-4-3-7-18-10/h3-7,9H,1-2H3,(H,15,17). The van der Waals surface area contributed by atoms with Crippen LogP contribution < -0.4 is 0 Å². The fourth-order valence-corrected chi connectivity index (χ4v) is 3.28. The molecule has 3 rings (SSSR count). The van der Waals surface area contributed by atoms with Gasteiger partial charge in [-0.25, -0.2) is 4.98 Å². The van der Waals surface area contributed by atoms with Crippen molar-refractivity contribution in [2.75, 3.05) is 0 Å². The molecule has 92 valence electrons. The van der Waals surface area contributed by atoms with E-state index in [1.807, 2.05) is 12.3 Å². The van der Waals surface area contributed by atoms with Gasteiger partial charge in [-0.05, 0) is 49.1 Å². The first kappa shape index (κ1) is 11.6. The third-order valence-electron chi connectivity index (χ3n) is 3.16. The van der Waals surface area contributed by atoms with Crippen molar-refractivity contribution in [1.29, 1.82) is 0 Å². The van der Waals surface area contributed by atoms with Crippen LogP contribution >= 0.6 is 23.6 Å². The molecule has 0 saturated heterocycles. The van der Waals surface area contributed by atoms with Gasteiger partial charge in [-0.3, -0.25) is 4.57 Å². The minimum Gasteiger partial charge on any atom is -0.329 e. The molecule has 1 unspecified atom stereocenters. The molecule has 0 radical (unpaired) electrons. The van der Waals surface area contributed by atoms with Crippen molar-refractivity contribution in [3.8, 4) is 0 Å². The zero-order valence-electron chi connectivity index (χ0n) is 10.2. The fourth-order valence-electron chi connectivity index (χ4n) is 2.16. The summed E-state index contributed by atoms with van der Waals surface area (Å²) in [5.41, 5.74) is 3.13. The molecule has 3 nitrogen and oxygen atoms in total. The summed E-state index contributed by atoms with van der Waals surface area (Å²) in [7, 11) is 0. The highest BCUT2D eigenvalue weighted by molar-refractivity contribution is 7.71. The van der Waals surface area contributed by atoms with Gasteiger partial charge in [0.1, 0.15) is 0 Å². The quantitative estimate of drug-likeness (QED) is 0.715. The van der Waals surface area contributed by atoms with Crippen LogP contribution in [0.3, 0.4) is 0 Å². The summed E-state index contributed by atoms with van der Waals surface area (Å²) < 4.78 is 2.82. The predicted octanol–water partition coefficient (Wildman–Crippen LogP) is 4.07. The molecule has 3 aromatic heterocycles. The molecule has 0 amide bonds. The molecule has 0 bridgehead atoms. The maximum atomic E-state index is 5.43. The fraction of sp³-hybridized carbons (Fsp3) is 0.231. The summed E-state index contributed by atoms with van der Waals surface area (Å²) in [4.78, 5) is 9.01. The summed E-state index contributed by atoms with van der Waals surface area (Å²) in [5.74, 6) is 0. The molecule has 5 heteroatoms. The number of imidazole rings is 1. The summed E-state index contributed by atoms with van der Waals surface area (Å²) in [6.45, 7) is 4.22. The largest absolute Gasteiger partial charge is 0.329 e. The van der Waals surface area contributed by atoms with Gasteiger partial charge in [0.2, 0.25) is 0 Å². The number of hydrogen-bond acceptors (Lipinski definition) is 3. The minimum absolute atomic E-state index is 0.209. The lowest BCUT2D eigenvalue weighted by Gasteiger charge is -2.12. The number of H-pyrrole nitrogens is 1. The predicted molar refractivity (Wildman–Crippen MR) is 77.8 cm³/mol. The molecule has 0 aliphatic carbocycles. The van der Waals surface area contributed by atoms with E-state index in [0.717, 1.165) is 15.9 Å². The van der Waals surface area contributed by atoms with Crippen LogP contribution in [0.15, 0.2) is 29.8 Å². The number of rotatable bonds is 2. The van der Waals surface area contributed by atoms with Crippen LogP contribution in [0.25, 0.3) is 11.2 Å². The molecule has 0 aliphatic heterocycles. The van der Waals surface area contributed by atoms with Crippen LogP contribution in [0.1, 0.15) is 23.4 Å². The Bertz CT molecular complexity index is 737. The third-order valence-corrected chi connectivity index (χ3v) is 4.50. The topological polar surface area (TPSA) is 33.6 Å². The summed E-state index contributed by atoms with van der Waals surface area (Å²) >= 11 is 7.18. The van der Waals surface area contributed by atoms with Crippen molar-refractivity contribution in [3.63, 3.8) is 0 Å². The van der Waals surface area contributed by atoms with Gasteiger partial charge in [0.05, 0.1) is 11.6 Å². The Labute approximate surface area is 114 Å². The van der Waals surface area contributed by atoms with Crippen molar-refractivity contribution in [2.45, 2.75) is 19.9 Å². The van der Waals surface area contributed by atoms with Gasteiger partial charge < -0.3 is 4.98 Å². The number of aromatic nitrogens is 3. The first-order valence-corrected chi connectivity index (χ1v) is 7.06. The normalized spacial score (nSPS) is 13.0. The van der Waals surface area contributed by atoms with Crippen LogP contribution in [0.4, 0.5) is 0 Å². The minimum atomic E-state index is 0.209. The molecule has 0 aromatic carbocycles. The van der Waals surface area contributed by atoms with Crippen LogP contribution in [-0.4, -0.2) is 14.5 Å². The monoisotopic (exact) mass is 275 g/mol. The van der Waals surface area contributed by atoms with Crippen molar-refractivity contribution in [2.24, 2.45) is 0 Å². The van der Waals surface area contributed by atoms with Crippen molar-refractivity contribution in [1.82, 2.24) is 14.5 Å². The Morgan fingerprint density at radius 1 is 1.44 bits per heavy atom. The lowest BCUT2D eigenvalue weighted by molar-refractivity contribution is 0.655.